The van der Waals surface area contributed by atoms with Gasteiger partial charge in [0.25, 0.3) is 0 Å². The van der Waals surface area contributed by atoms with E-state index in [9.17, 15) is 4.39 Å². The zero-order valence-corrected chi connectivity index (χ0v) is 12.0. The summed E-state index contributed by atoms with van der Waals surface area (Å²) in [6.45, 7) is 4.51. The molecule has 0 saturated heterocycles. The molecule has 0 unspecified atom stereocenters. The molecule has 0 aromatic heterocycles. The minimum absolute atomic E-state index is 0.199. The second-order valence-electron chi connectivity index (χ2n) is 5.92. The summed E-state index contributed by atoms with van der Waals surface area (Å²) >= 11 is 3.23. The van der Waals surface area contributed by atoms with Crippen LogP contribution < -0.4 is 5.73 Å². The van der Waals surface area contributed by atoms with E-state index in [0.717, 1.165) is 25.7 Å². The molecule has 0 bridgehead atoms. The first-order valence-electron chi connectivity index (χ1n) is 6.07. The molecule has 0 atom stereocenters. The van der Waals surface area contributed by atoms with Gasteiger partial charge >= 0.3 is 0 Å². The maximum absolute atomic E-state index is 14.1. The van der Waals surface area contributed by atoms with E-state index in [0.29, 0.717) is 15.5 Å². The van der Waals surface area contributed by atoms with Crippen LogP contribution in [0.1, 0.15) is 45.1 Å². The van der Waals surface area contributed by atoms with Gasteiger partial charge in [0.1, 0.15) is 5.82 Å². The minimum Gasteiger partial charge on any atom is -0.321 e. The zero-order chi connectivity index (χ0) is 12.7. The molecule has 17 heavy (non-hydrogen) atoms. The number of rotatable bonds is 1. The Morgan fingerprint density at radius 3 is 2.35 bits per heavy atom. The molecule has 1 aliphatic rings. The molecule has 0 aliphatic heterocycles. The summed E-state index contributed by atoms with van der Waals surface area (Å²) in [6, 6.07) is 5.39. The van der Waals surface area contributed by atoms with E-state index in [1.165, 1.54) is 0 Å². The van der Waals surface area contributed by atoms with Crippen LogP contribution >= 0.6 is 15.9 Å². The molecule has 1 aliphatic carbocycles. The number of nitrogens with two attached hydrogens (primary N) is 1. The van der Waals surface area contributed by atoms with Crippen LogP contribution in [0.2, 0.25) is 0 Å². The van der Waals surface area contributed by atoms with Gasteiger partial charge in [-0.25, -0.2) is 4.39 Å². The second kappa shape index (κ2) is 4.36. The SMILES string of the molecule is CC1(C)CCC(N)(c2cccc(Br)c2F)CC1. The largest absolute Gasteiger partial charge is 0.321 e. The van der Waals surface area contributed by atoms with E-state index in [-0.39, 0.29) is 5.82 Å². The number of hydrogen-bond acceptors (Lipinski definition) is 1. The highest BCUT2D eigenvalue weighted by Gasteiger charge is 2.38. The van der Waals surface area contributed by atoms with Crippen molar-refractivity contribution >= 4 is 15.9 Å². The number of benzene rings is 1. The van der Waals surface area contributed by atoms with E-state index >= 15 is 0 Å². The normalized spacial score (nSPS) is 22.4. The molecule has 2 N–H and O–H groups in total. The fourth-order valence-corrected chi connectivity index (χ4v) is 2.90. The molecular formula is C14H19BrFN. The highest BCUT2D eigenvalue weighted by Crippen LogP contribution is 2.44. The van der Waals surface area contributed by atoms with Crippen molar-refractivity contribution in [3.05, 3.63) is 34.1 Å². The van der Waals surface area contributed by atoms with Crippen LogP contribution in [-0.2, 0) is 5.54 Å². The predicted octanol–water partition coefficient (Wildman–Crippen LogP) is 4.34. The monoisotopic (exact) mass is 299 g/mol. The average molecular weight is 300 g/mol. The Hall–Kier alpha value is -0.410. The maximum atomic E-state index is 14.1. The Morgan fingerprint density at radius 2 is 1.76 bits per heavy atom. The van der Waals surface area contributed by atoms with Crippen molar-refractivity contribution in [2.75, 3.05) is 0 Å². The molecule has 1 fully saturated rings. The molecule has 0 amide bonds. The molecule has 1 nitrogen and oxygen atoms in total. The van der Waals surface area contributed by atoms with Gasteiger partial charge in [0.15, 0.2) is 0 Å². The van der Waals surface area contributed by atoms with Crippen molar-refractivity contribution in [2.24, 2.45) is 11.1 Å². The molecule has 2 rings (SSSR count). The van der Waals surface area contributed by atoms with E-state index in [4.69, 9.17) is 5.73 Å². The van der Waals surface area contributed by atoms with Crippen molar-refractivity contribution in [2.45, 2.75) is 45.1 Å². The fraction of sp³-hybridized carbons (Fsp3) is 0.571. The van der Waals surface area contributed by atoms with Gasteiger partial charge in [-0.05, 0) is 53.1 Å². The van der Waals surface area contributed by atoms with Crippen LogP contribution in [0.25, 0.3) is 0 Å². The molecule has 3 heteroatoms. The van der Waals surface area contributed by atoms with Crippen LogP contribution in [0.4, 0.5) is 4.39 Å². The number of hydrogen-bond donors (Lipinski definition) is 1. The van der Waals surface area contributed by atoms with Crippen molar-refractivity contribution < 1.29 is 4.39 Å². The Kier molecular flexibility index (Phi) is 3.34. The van der Waals surface area contributed by atoms with Gasteiger partial charge in [0.05, 0.1) is 4.47 Å². The lowest BCUT2D eigenvalue weighted by Crippen LogP contribution is -2.43. The minimum atomic E-state index is -0.497. The first-order valence-corrected chi connectivity index (χ1v) is 6.87. The Morgan fingerprint density at radius 1 is 1.18 bits per heavy atom. The summed E-state index contributed by atoms with van der Waals surface area (Å²) in [6.07, 6.45) is 3.81. The molecule has 94 valence electrons. The third-order valence-corrected chi connectivity index (χ3v) is 4.60. The third-order valence-electron chi connectivity index (χ3n) is 3.98. The van der Waals surface area contributed by atoms with Gasteiger partial charge in [0, 0.05) is 11.1 Å². The quantitative estimate of drug-likeness (QED) is 0.820. The van der Waals surface area contributed by atoms with Crippen LogP contribution in [0, 0.1) is 11.2 Å². The van der Waals surface area contributed by atoms with E-state index in [2.05, 4.69) is 29.8 Å². The topological polar surface area (TPSA) is 26.0 Å². The maximum Gasteiger partial charge on any atom is 0.142 e. The summed E-state index contributed by atoms with van der Waals surface area (Å²) in [5.74, 6) is -0.199. The van der Waals surface area contributed by atoms with E-state index < -0.39 is 5.54 Å². The molecule has 0 radical (unpaired) electrons. The zero-order valence-electron chi connectivity index (χ0n) is 10.4. The van der Waals surface area contributed by atoms with Crippen molar-refractivity contribution in [1.29, 1.82) is 0 Å². The van der Waals surface area contributed by atoms with Crippen molar-refractivity contribution in [3.8, 4) is 0 Å². The molecular weight excluding hydrogens is 281 g/mol. The second-order valence-corrected chi connectivity index (χ2v) is 6.78. The van der Waals surface area contributed by atoms with Crippen molar-refractivity contribution in [1.82, 2.24) is 0 Å². The van der Waals surface area contributed by atoms with Crippen LogP contribution in [0.3, 0.4) is 0 Å². The Bertz CT molecular complexity index is 418. The van der Waals surface area contributed by atoms with Gasteiger partial charge in [-0.3, -0.25) is 0 Å². The lowest BCUT2D eigenvalue weighted by Gasteiger charge is -2.41. The standard InChI is InChI=1S/C14H19BrFN/c1-13(2)6-8-14(17,9-7-13)10-4-3-5-11(15)12(10)16/h3-5H,6-9,17H2,1-2H3. The molecule has 1 saturated carbocycles. The van der Waals surface area contributed by atoms with Gasteiger partial charge in [0.2, 0.25) is 0 Å². The van der Waals surface area contributed by atoms with Gasteiger partial charge in [-0.2, -0.15) is 0 Å². The van der Waals surface area contributed by atoms with E-state index in [1.807, 2.05) is 12.1 Å². The predicted molar refractivity (Wildman–Crippen MR) is 72.2 cm³/mol. The van der Waals surface area contributed by atoms with Crippen LogP contribution in [0.5, 0.6) is 0 Å². The highest BCUT2D eigenvalue weighted by atomic mass is 79.9. The molecule has 0 heterocycles. The smallest absolute Gasteiger partial charge is 0.142 e. The Balaban J connectivity index is 2.31. The van der Waals surface area contributed by atoms with Gasteiger partial charge < -0.3 is 5.73 Å². The molecule has 1 aromatic rings. The fourth-order valence-electron chi connectivity index (χ4n) is 2.53. The average Bonchev–Trinajstić information content (AvgIpc) is 2.27. The highest BCUT2D eigenvalue weighted by molar-refractivity contribution is 9.10. The number of halogens is 2. The summed E-state index contributed by atoms with van der Waals surface area (Å²) in [5.41, 5.74) is 6.91. The summed E-state index contributed by atoms with van der Waals surface area (Å²) < 4.78 is 14.6. The molecule has 1 aromatic carbocycles. The van der Waals surface area contributed by atoms with E-state index in [1.54, 1.807) is 6.07 Å². The molecule has 0 spiro atoms. The third kappa shape index (κ3) is 2.55. The lowest BCUT2D eigenvalue weighted by molar-refractivity contribution is 0.162. The summed E-state index contributed by atoms with van der Waals surface area (Å²) in [7, 11) is 0. The summed E-state index contributed by atoms with van der Waals surface area (Å²) in [5, 5.41) is 0. The van der Waals surface area contributed by atoms with Crippen LogP contribution in [0.15, 0.2) is 22.7 Å². The van der Waals surface area contributed by atoms with Gasteiger partial charge in [-0.1, -0.05) is 26.0 Å². The first-order chi connectivity index (χ1) is 7.84. The Labute approximate surface area is 111 Å². The van der Waals surface area contributed by atoms with Crippen molar-refractivity contribution in [3.63, 3.8) is 0 Å². The van der Waals surface area contributed by atoms with Gasteiger partial charge in [-0.15, -0.1) is 0 Å². The lowest BCUT2D eigenvalue weighted by atomic mass is 9.67. The summed E-state index contributed by atoms with van der Waals surface area (Å²) in [4.78, 5) is 0. The van der Waals surface area contributed by atoms with Crippen LogP contribution in [-0.4, -0.2) is 0 Å². The first kappa shape index (κ1) is 13.0.